The number of carbonyl (C=O) groups is 1. The van der Waals surface area contributed by atoms with Gasteiger partial charge in [0.2, 0.25) is 5.91 Å². The predicted octanol–water partition coefficient (Wildman–Crippen LogP) is 1.52. The van der Waals surface area contributed by atoms with Crippen molar-refractivity contribution in [3.8, 4) is 0 Å². The Morgan fingerprint density at radius 1 is 1.45 bits per heavy atom. The molecule has 2 aliphatic rings. The lowest BCUT2D eigenvalue weighted by atomic mass is 10.1. The molecule has 1 unspecified atom stereocenters. The molecule has 1 saturated carbocycles. The largest absolute Gasteiger partial charge is 0.397 e. The van der Waals surface area contributed by atoms with Crippen molar-refractivity contribution >= 4 is 33.2 Å². The van der Waals surface area contributed by atoms with Crippen LogP contribution in [0, 0.1) is 0 Å². The average Bonchev–Trinajstić information content (AvgIpc) is 3.23. The quantitative estimate of drug-likeness (QED) is 0.819. The first-order chi connectivity index (χ1) is 9.65. The van der Waals surface area contributed by atoms with Gasteiger partial charge in [0.15, 0.2) is 0 Å². The molecule has 1 aliphatic heterocycles. The Hall–Kier alpha value is -1.27. The monoisotopic (exact) mass is 339 g/mol. The van der Waals surface area contributed by atoms with E-state index in [0.717, 1.165) is 23.0 Å². The lowest BCUT2D eigenvalue weighted by Gasteiger charge is -2.37. The van der Waals surface area contributed by atoms with E-state index in [1.165, 1.54) is 0 Å². The van der Waals surface area contributed by atoms with Crippen molar-refractivity contribution in [1.82, 2.24) is 5.32 Å². The first-order valence-corrected chi connectivity index (χ1v) is 7.64. The third-order valence-electron chi connectivity index (χ3n) is 3.65. The predicted molar refractivity (Wildman–Crippen MR) is 81.7 cm³/mol. The Kier molecular flexibility index (Phi) is 3.85. The van der Waals surface area contributed by atoms with Gasteiger partial charge < -0.3 is 20.7 Å². The Morgan fingerprint density at radius 2 is 2.25 bits per heavy atom. The van der Waals surface area contributed by atoms with Crippen molar-refractivity contribution in [2.45, 2.75) is 24.9 Å². The Balaban J connectivity index is 1.81. The summed E-state index contributed by atoms with van der Waals surface area (Å²) in [6.45, 7) is 1.70. The fourth-order valence-electron chi connectivity index (χ4n) is 2.42. The molecule has 1 heterocycles. The molecular formula is C14H18BrN3O2. The standard InChI is InChI=1S/C14H18BrN3O2/c15-9-1-4-12(11(16)7-9)18-5-6-20-8-13(18)14(19)17-10-2-3-10/h1,4,7,10,13H,2-3,5-6,8,16H2,(H,17,19). The second-order valence-electron chi connectivity index (χ2n) is 5.27. The van der Waals surface area contributed by atoms with Gasteiger partial charge in [0.25, 0.3) is 0 Å². The molecule has 1 saturated heterocycles. The zero-order valence-electron chi connectivity index (χ0n) is 11.1. The maximum absolute atomic E-state index is 12.3. The van der Waals surface area contributed by atoms with Crippen LogP contribution >= 0.6 is 15.9 Å². The van der Waals surface area contributed by atoms with Crippen LogP contribution < -0.4 is 16.0 Å². The summed E-state index contributed by atoms with van der Waals surface area (Å²) >= 11 is 3.40. The first-order valence-electron chi connectivity index (χ1n) is 6.85. The van der Waals surface area contributed by atoms with Gasteiger partial charge in [0.05, 0.1) is 24.6 Å². The highest BCUT2D eigenvalue weighted by atomic mass is 79.9. The summed E-state index contributed by atoms with van der Waals surface area (Å²) in [6, 6.07) is 5.81. The normalized spacial score (nSPS) is 22.6. The number of halogens is 1. The number of benzene rings is 1. The fourth-order valence-corrected chi connectivity index (χ4v) is 2.80. The molecule has 0 spiro atoms. The molecule has 108 valence electrons. The summed E-state index contributed by atoms with van der Waals surface area (Å²) < 4.78 is 6.40. The average molecular weight is 340 g/mol. The number of morpholine rings is 1. The maximum atomic E-state index is 12.3. The van der Waals surface area contributed by atoms with E-state index >= 15 is 0 Å². The smallest absolute Gasteiger partial charge is 0.245 e. The van der Waals surface area contributed by atoms with Gasteiger partial charge in [-0.3, -0.25) is 4.79 Å². The van der Waals surface area contributed by atoms with Crippen LogP contribution in [0.15, 0.2) is 22.7 Å². The number of nitrogen functional groups attached to an aromatic ring is 1. The third-order valence-corrected chi connectivity index (χ3v) is 4.15. The lowest BCUT2D eigenvalue weighted by Crippen LogP contribution is -2.54. The molecule has 1 amide bonds. The van der Waals surface area contributed by atoms with Crippen LogP contribution in [0.2, 0.25) is 0 Å². The number of rotatable bonds is 3. The van der Waals surface area contributed by atoms with Crippen molar-refractivity contribution < 1.29 is 9.53 Å². The van der Waals surface area contributed by atoms with Gasteiger partial charge in [-0.2, -0.15) is 0 Å². The van der Waals surface area contributed by atoms with Crippen molar-refractivity contribution in [3.63, 3.8) is 0 Å². The molecule has 20 heavy (non-hydrogen) atoms. The Bertz CT molecular complexity index is 519. The van der Waals surface area contributed by atoms with Crippen molar-refractivity contribution in [2.24, 2.45) is 0 Å². The number of anilines is 2. The van der Waals surface area contributed by atoms with Crippen molar-refractivity contribution in [1.29, 1.82) is 0 Å². The van der Waals surface area contributed by atoms with Crippen LogP contribution in [0.4, 0.5) is 11.4 Å². The van der Waals surface area contributed by atoms with Gasteiger partial charge in [-0.15, -0.1) is 0 Å². The molecule has 5 nitrogen and oxygen atoms in total. The molecule has 0 radical (unpaired) electrons. The van der Waals surface area contributed by atoms with Gasteiger partial charge in [-0.25, -0.2) is 0 Å². The van der Waals surface area contributed by atoms with Crippen LogP contribution in [0.5, 0.6) is 0 Å². The number of amides is 1. The Labute approximate surface area is 126 Å². The summed E-state index contributed by atoms with van der Waals surface area (Å²) in [7, 11) is 0. The highest BCUT2D eigenvalue weighted by Crippen LogP contribution is 2.29. The summed E-state index contributed by atoms with van der Waals surface area (Å²) in [4.78, 5) is 14.4. The molecule has 3 N–H and O–H groups in total. The molecule has 0 aromatic heterocycles. The van der Waals surface area contributed by atoms with Crippen LogP contribution in [0.1, 0.15) is 12.8 Å². The van der Waals surface area contributed by atoms with E-state index in [-0.39, 0.29) is 11.9 Å². The number of hydrogen-bond acceptors (Lipinski definition) is 4. The second kappa shape index (κ2) is 5.61. The molecular weight excluding hydrogens is 322 g/mol. The van der Waals surface area contributed by atoms with Gasteiger partial charge in [0.1, 0.15) is 6.04 Å². The minimum absolute atomic E-state index is 0.0366. The summed E-state index contributed by atoms with van der Waals surface area (Å²) in [5, 5.41) is 3.04. The molecule has 1 atom stereocenters. The van der Waals surface area contributed by atoms with Gasteiger partial charge in [0, 0.05) is 17.1 Å². The molecule has 6 heteroatoms. The van der Waals surface area contributed by atoms with Crippen molar-refractivity contribution in [3.05, 3.63) is 22.7 Å². The summed E-state index contributed by atoms with van der Waals surface area (Å²) in [6.07, 6.45) is 2.17. The number of ether oxygens (including phenoxy) is 1. The molecule has 1 aromatic carbocycles. The Morgan fingerprint density at radius 3 is 2.95 bits per heavy atom. The maximum Gasteiger partial charge on any atom is 0.245 e. The van der Waals surface area contributed by atoms with E-state index in [2.05, 4.69) is 21.2 Å². The van der Waals surface area contributed by atoms with Crippen LogP contribution in [0.3, 0.4) is 0 Å². The van der Waals surface area contributed by atoms with Crippen LogP contribution in [-0.2, 0) is 9.53 Å². The van der Waals surface area contributed by atoms with Gasteiger partial charge in [-0.1, -0.05) is 15.9 Å². The van der Waals surface area contributed by atoms with E-state index in [1.807, 2.05) is 23.1 Å². The van der Waals surface area contributed by atoms with Gasteiger partial charge in [-0.05, 0) is 31.0 Å². The van der Waals surface area contributed by atoms with Crippen LogP contribution in [-0.4, -0.2) is 37.7 Å². The molecule has 3 rings (SSSR count). The van der Waals surface area contributed by atoms with E-state index in [0.29, 0.717) is 31.5 Å². The summed E-state index contributed by atoms with van der Waals surface area (Å²) in [5.41, 5.74) is 7.65. The minimum atomic E-state index is -0.298. The second-order valence-corrected chi connectivity index (χ2v) is 6.19. The van der Waals surface area contributed by atoms with E-state index in [1.54, 1.807) is 0 Å². The SMILES string of the molecule is Nc1cc(Br)ccc1N1CCOCC1C(=O)NC1CC1. The number of nitrogens with zero attached hydrogens (tertiary/aromatic N) is 1. The topological polar surface area (TPSA) is 67.6 Å². The minimum Gasteiger partial charge on any atom is -0.397 e. The highest BCUT2D eigenvalue weighted by molar-refractivity contribution is 9.10. The molecule has 2 fully saturated rings. The van der Waals surface area contributed by atoms with Crippen molar-refractivity contribution in [2.75, 3.05) is 30.4 Å². The van der Waals surface area contributed by atoms with E-state index in [9.17, 15) is 4.79 Å². The zero-order valence-corrected chi connectivity index (χ0v) is 12.7. The fraction of sp³-hybridized carbons (Fsp3) is 0.500. The molecule has 1 aromatic rings. The number of nitrogens with one attached hydrogen (secondary N) is 1. The van der Waals surface area contributed by atoms with Crippen LogP contribution in [0.25, 0.3) is 0 Å². The number of carbonyl (C=O) groups excluding carboxylic acids is 1. The lowest BCUT2D eigenvalue weighted by molar-refractivity contribution is -0.124. The van der Waals surface area contributed by atoms with Gasteiger partial charge >= 0.3 is 0 Å². The summed E-state index contributed by atoms with van der Waals surface area (Å²) in [5.74, 6) is 0.0366. The highest BCUT2D eigenvalue weighted by Gasteiger charge is 2.33. The van der Waals surface area contributed by atoms with E-state index < -0.39 is 0 Å². The van der Waals surface area contributed by atoms with E-state index in [4.69, 9.17) is 10.5 Å². The first kappa shape index (κ1) is 13.7. The zero-order chi connectivity index (χ0) is 14.1. The third kappa shape index (κ3) is 2.91. The molecule has 1 aliphatic carbocycles. The molecule has 0 bridgehead atoms. The number of nitrogens with two attached hydrogens (primary N) is 1. The number of hydrogen-bond donors (Lipinski definition) is 2.